The molecule has 3 fully saturated rings. The number of hydrogen-bond acceptors (Lipinski definition) is 5. The van der Waals surface area contributed by atoms with E-state index in [0.717, 1.165) is 37.0 Å². The van der Waals surface area contributed by atoms with Gasteiger partial charge in [-0.1, -0.05) is 6.07 Å². The lowest BCUT2D eigenvalue weighted by atomic mass is 9.83. The molecule has 3 heterocycles. The van der Waals surface area contributed by atoms with E-state index in [4.69, 9.17) is 4.74 Å². The largest absolute Gasteiger partial charge is 0.416 e. The molecule has 3 aliphatic rings. The molecule has 2 aromatic rings. The van der Waals surface area contributed by atoms with Crippen LogP contribution in [0.25, 0.3) is 0 Å². The van der Waals surface area contributed by atoms with Crippen molar-refractivity contribution in [2.75, 3.05) is 19.7 Å². The van der Waals surface area contributed by atoms with Gasteiger partial charge in [0.15, 0.2) is 0 Å². The Bertz CT molecular complexity index is 1110. The number of hydrogen-bond donors (Lipinski definition) is 2. The van der Waals surface area contributed by atoms with Crippen molar-refractivity contribution in [3.8, 4) is 0 Å². The molecule has 5 rings (SSSR count). The number of nitrogens with zero attached hydrogens (tertiary/aromatic N) is 2. The third-order valence-electron chi connectivity index (χ3n) is 8.08. The van der Waals surface area contributed by atoms with E-state index in [0.29, 0.717) is 45.0 Å². The van der Waals surface area contributed by atoms with Crippen LogP contribution in [-0.2, 0) is 27.9 Å². The number of pyridine rings is 1. The van der Waals surface area contributed by atoms with Crippen LogP contribution in [0.2, 0.25) is 0 Å². The molecule has 1 saturated carbocycles. The summed E-state index contributed by atoms with van der Waals surface area (Å²) in [5.74, 6) is -1.27. The fraction of sp³-hybridized carbons (Fsp3) is 0.556. The van der Waals surface area contributed by atoms with E-state index >= 15 is 0 Å². The van der Waals surface area contributed by atoms with Gasteiger partial charge in [-0.3, -0.25) is 14.7 Å². The van der Waals surface area contributed by atoms with Crippen LogP contribution in [0.4, 0.5) is 17.6 Å². The molecule has 1 amide bonds. The number of aliphatic hydroxyl groups is 1. The second-order valence-electron chi connectivity index (χ2n) is 10.5. The van der Waals surface area contributed by atoms with Crippen molar-refractivity contribution in [3.05, 3.63) is 65.2 Å². The molecule has 1 aromatic heterocycles. The maximum Gasteiger partial charge on any atom is 0.416 e. The molecule has 10 heteroatoms. The second kappa shape index (κ2) is 9.96. The monoisotopic (exact) mass is 521 g/mol. The summed E-state index contributed by atoms with van der Waals surface area (Å²) in [6, 6.07) is 6.13. The highest BCUT2D eigenvalue weighted by atomic mass is 19.4. The van der Waals surface area contributed by atoms with Gasteiger partial charge in [-0.25, -0.2) is 4.39 Å². The molecule has 0 bridgehead atoms. The highest BCUT2D eigenvalue weighted by Gasteiger charge is 2.54. The van der Waals surface area contributed by atoms with Gasteiger partial charge in [0.05, 0.1) is 17.8 Å². The van der Waals surface area contributed by atoms with E-state index in [1.54, 1.807) is 12.4 Å². The van der Waals surface area contributed by atoms with E-state index in [2.05, 4.69) is 15.2 Å². The highest BCUT2D eigenvalue weighted by Crippen LogP contribution is 2.47. The zero-order chi connectivity index (χ0) is 26.3. The van der Waals surface area contributed by atoms with E-state index in [-0.39, 0.29) is 30.0 Å². The third kappa shape index (κ3) is 5.51. The van der Waals surface area contributed by atoms with Crippen molar-refractivity contribution in [3.63, 3.8) is 0 Å². The lowest BCUT2D eigenvalue weighted by Gasteiger charge is -2.46. The fourth-order valence-corrected chi connectivity index (χ4v) is 5.74. The predicted molar refractivity (Wildman–Crippen MR) is 127 cm³/mol. The van der Waals surface area contributed by atoms with E-state index < -0.39 is 28.8 Å². The smallest absolute Gasteiger partial charge is 0.385 e. The molecule has 1 aromatic carbocycles. The van der Waals surface area contributed by atoms with E-state index in [1.165, 1.54) is 0 Å². The Hall–Kier alpha value is -2.56. The summed E-state index contributed by atoms with van der Waals surface area (Å²) in [7, 11) is 0. The Kier molecular flexibility index (Phi) is 7.02. The summed E-state index contributed by atoms with van der Waals surface area (Å²) < 4.78 is 59.1. The molecule has 1 aliphatic carbocycles. The van der Waals surface area contributed by atoms with Crippen LogP contribution in [0.15, 0.2) is 42.7 Å². The first-order chi connectivity index (χ1) is 17.6. The molecule has 37 heavy (non-hydrogen) atoms. The van der Waals surface area contributed by atoms with Gasteiger partial charge in [0.1, 0.15) is 11.4 Å². The molecule has 0 spiro atoms. The van der Waals surface area contributed by atoms with Gasteiger partial charge in [0.2, 0.25) is 0 Å². The van der Waals surface area contributed by atoms with Crippen molar-refractivity contribution in [2.24, 2.45) is 5.92 Å². The summed E-state index contributed by atoms with van der Waals surface area (Å²) in [6.45, 7) is 1.56. The topological polar surface area (TPSA) is 74.7 Å². The van der Waals surface area contributed by atoms with Gasteiger partial charge < -0.3 is 15.2 Å². The second-order valence-corrected chi connectivity index (χ2v) is 10.5. The first-order valence-electron chi connectivity index (χ1n) is 12.7. The summed E-state index contributed by atoms with van der Waals surface area (Å²) in [5, 5.41) is 13.8. The lowest BCUT2D eigenvalue weighted by Crippen LogP contribution is -2.58. The number of ether oxygens (including phenoxy) is 1. The molecular weight excluding hydrogens is 490 g/mol. The molecule has 0 radical (unpaired) electrons. The minimum Gasteiger partial charge on any atom is -0.385 e. The third-order valence-corrected chi connectivity index (χ3v) is 8.08. The molecule has 2 saturated heterocycles. The number of aromatic nitrogens is 1. The molecule has 2 N–H and O–H groups in total. The van der Waals surface area contributed by atoms with Gasteiger partial charge in [0.25, 0.3) is 5.91 Å². The van der Waals surface area contributed by atoms with Crippen LogP contribution in [0.3, 0.4) is 0 Å². The number of likely N-dealkylation sites (tertiary alicyclic amines) is 1. The van der Waals surface area contributed by atoms with Gasteiger partial charge in [0, 0.05) is 43.6 Å². The minimum atomic E-state index is -4.67. The Morgan fingerprint density at radius 2 is 1.92 bits per heavy atom. The summed E-state index contributed by atoms with van der Waals surface area (Å²) in [6.07, 6.45) is 2.85. The Balaban J connectivity index is 1.18. The summed E-state index contributed by atoms with van der Waals surface area (Å²) in [5.41, 5.74) is -2.12. The van der Waals surface area contributed by atoms with Crippen LogP contribution >= 0.6 is 0 Å². The number of rotatable bonds is 6. The van der Waals surface area contributed by atoms with Crippen LogP contribution in [0.5, 0.6) is 0 Å². The number of carbonyl (C=O) groups is 1. The Morgan fingerprint density at radius 3 is 2.51 bits per heavy atom. The predicted octanol–water partition coefficient (Wildman–Crippen LogP) is 4.17. The lowest BCUT2D eigenvalue weighted by molar-refractivity contribution is -0.167. The number of amides is 1. The Morgan fingerprint density at radius 1 is 1.16 bits per heavy atom. The van der Waals surface area contributed by atoms with Gasteiger partial charge in [-0.05, 0) is 74.3 Å². The van der Waals surface area contributed by atoms with Crippen LogP contribution < -0.4 is 5.32 Å². The van der Waals surface area contributed by atoms with Crippen molar-refractivity contribution in [1.82, 2.24) is 15.2 Å². The van der Waals surface area contributed by atoms with Crippen molar-refractivity contribution < 1.29 is 32.2 Å². The first-order valence-corrected chi connectivity index (χ1v) is 12.7. The maximum absolute atomic E-state index is 13.8. The molecule has 6 nitrogen and oxygen atoms in total. The van der Waals surface area contributed by atoms with Crippen molar-refractivity contribution in [1.29, 1.82) is 0 Å². The average Bonchev–Trinajstić information content (AvgIpc) is 3.74. The maximum atomic E-state index is 13.8. The van der Waals surface area contributed by atoms with Gasteiger partial charge >= 0.3 is 6.18 Å². The van der Waals surface area contributed by atoms with Crippen LogP contribution in [-0.4, -0.2) is 52.2 Å². The van der Waals surface area contributed by atoms with Crippen LogP contribution in [0.1, 0.15) is 55.2 Å². The molecule has 1 unspecified atom stereocenters. The number of carbonyl (C=O) groups excluding carboxylic acids is 1. The standard InChI is InChI=1S/C27H31F4N3O3/c28-22-13-18(12-21(14-22)27(29,30)31)15-33-24(35)26(19-3-4-19)6-5-23(17-37-26)34-10-7-25(36,8-11-34)20-2-1-9-32-16-20/h1-2,9,12-14,16,19,23,36H,3-8,10-11,15,17H2,(H,33,35)/t23?,26-/m0/s1. The average molecular weight is 522 g/mol. The fourth-order valence-electron chi connectivity index (χ4n) is 5.74. The van der Waals surface area contributed by atoms with E-state index in [9.17, 15) is 27.5 Å². The van der Waals surface area contributed by atoms with Crippen LogP contribution in [0, 0.1) is 11.7 Å². The minimum absolute atomic E-state index is 0.0507. The van der Waals surface area contributed by atoms with Crippen molar-refractivity contribution >= 4 is 5.91 Å². The molecule has 200 valence electrons. The number of halogens is 4. The Labute approximate surface area is 213 Å². The number of nitrogens with one attached hydrogen (secondary N) is 1. The van der Waals surface area contributed by atoms with E-state index in [1.807, 2.05) is 12.1 Å². The zero-order valence-corrected chi connectivity index (χ0v) is 20.4. The highest BCUT2D eigenvalue weighted by molar-refractivity contribution is 5.86. The quantitative estimate of drug-likeness (QED) is 0.559. The van der Waals surface area contributed by atoms with Crippen molar-refractivity contribution in [2.45, 2.75) is 68.5 Å². The number of benzene rings is 1. The molecule has 2 atom stereocenters. The summed E-state index contributed by atoms with van der Waals surface area (Å²) in [4.78, 5) is 19.7. The van der Waals surface area contributed by atoms with Gasteiger partial charge in [-0.15, -0.1) is 0 Å². The first kappa shape index (κ1) is 26.1. The normalized spacial score (nSPS) is 26.6. The summed E-state index contributed by atoms with van der Waals surface area (Å²) >= 11 is 0. The number of piperidine rings is 1. The van der Waals surface area contributed by atoms with Gasteiger partial charge in [-0.2, -0.15) is 13.2 Å². The number of alkyl halides is 3. The zero-order valence-electron chi connectivity index (χ0n) is 20.4. The molecule has 2 aliphatic heterocycles. The molecular formula is C27H31F4N3O3. The SMILES string of the molecule is O=C(NCc1cc(F)cc(C(F)(F)F)c1)[C@@]1(C2CC2)CCC(N2CCC(O)(c3cccnc3)CC2)CO1.